The summed E-state index contributed by atoms with van der Waals surface area (Å²) >= 11 is 0. The molecule has 2 atom stereocenters. The highest BCUT2D eigenvalue weighted by Gasteiger charge is 2.34. The third-order valence-corrected chi connectivity index (χ3v) is 4.54. The number of methoxy groups -OCH3 is 1. The second kappa shape index (κ2) is 7.44. The van der Waals surface area contributed by atoms with Gasteiger partial charge in [-0.2, -0.15) is 0 Å². The Kier molecular flexibility index (Phi) is 5.10. The van der Waals surface area contributed by atoms with Crippen LogP contribution in [0.4, 0.5) is 4.79 Å². The Morgan fingerprint density at radius 1 is 1.38 bits per heavy atom. The molecular weight excluding hydrogens is 308 g/mol. The number of likely N-dealkylation sites (tertiary alicyclic amines) is 1. The van der Waals surface area contributed by atoms with Gasteiger partial charge in [0, 0.05) is 32.3 Å². The molecule has 0 unspecified atom stereocenters. The minimum absolute atomic E-state index is 0.0797. The molecule has 0 aliphatic carbocycles. The molecule has 1 aliphatic rings. The summed E-state index contributed by atoms with van der Waals surface area (Å²) in [5.74, 6) is 0.0797. The smallest absolute Gasteiger partial charge is 0.407 e. The molecular formula is C17H22N4O3. The van der Waals surface area contributed by atoms with Gasteiger partial charge in [0.1, 0.15) is 0 Å². The standard InChI is InChI=1S/C17H22N4O3/c1-24-16-12-20(17(22)23)9-8-14(16)15-11-21(19-18-15)10-7-13-5-3-2-4-6-13/h2-6,11,14,16H,7-10,12H2,1H3,(H,22,23)/t14-,16+/m1/s1. The Bertz CT molecular complexity index is 673. The fourth-order valence-electron chi connectivity index (χ4n) is 3.15. The average molecular weight is 330 g/mol. The first-order chi connectivity index (χ1) is 11.7. The van der Waals surface area contributed by atoms with Crippen LogP contribution in [0.5, 0.6) is 0 Å². The van der Waals surface area contributed by atoms with E-state index in [0.717, 1.165) is 18.7 Å². The van der Waals surface area contributed by atoms with Crippen LogP contribution in [0.2, 0.25) is 0 Å². The molecule has 0 spiro atoms. The van der Waals surface area contributed by atoms with E-state index in [1.807, 2.05) is 29.1 Å². The van der Waals surface area contributed by atoms with Gasteiger partial charge in [0.15, 0.2) is 0 Å². The normalized spacial score (nSPS) is 21.0. The highest BCUT2D eigenvalue weighted by atomic mass is 16.5. The maximum absolute atomic E-state index is 11.1. The molecule has 0 saturated carbocycles. The molecule has 128 valence electrons. The van der Waals surface area contributed by atoms with Gasteiger partial charge in [0.25, 0.3) is 0 Å². The zero-order chi connectivity index (χ0) is 16.9. The number of nitrogens with zero attached hydrogens (tertiary/aromatic N) is 4. The lowest BCUT2D eigenvalue weighted by Gasteiger charge is -2.35. The van der Waals surface area contributed by atoms with Gasteiger partial charge in [0.2, 0.25) is 0 Å². The Labute approximate surface area is 140 Å². The molecule has 2 heterocycles. The zero-order valence-electron chi connectivity index (χ0n) is 13.7. The maximum Gasteiger partial charge on any atom is 0.407 e. The van der Waals surface area contributed by atoms with Gasteiger partial charge < -0.3 is 14.7 Å². The highest BCUT2D eigenvalue weighted by molar-refractivity contribution is 5.65. The molecule has 1 amide bonds. The zero-order valence-corrected chi connectivity index (χ0v) is 13.7. The average Bonchev–Trinajstić information content (AvgIpc) is 3.09. The van der Waals surface area contributed by atoms with Crippen LogP contribution in [-0.2, 0) is 17.7 Å². The molecule has 0 radical (unpaired) electrons. The lowest BCUT2D eigenvalue weighted by molar-refractivity contribution is 0.0167. The first-order valence-corrected chi connectivity index (χ1v) is 8.12. The number of benzene rings is 1. The second-order valence-corrected chi connectivity index (χ2v) is 6.04. The number of carboxylic acid groups (broad SMARTS) is 1. The summed E-state index contributed by atoms with van der Waals surface area (Å²) in [5.41, 5.74) is 2.14. The van der Waals surface area contributed by atoms with Crippen molar-refractivity contribution in [3.8, 4) is 0 Å². The number of aryl methyl sites for hydroxylation is 2. The quantitative estimate of drug-likeness (QED) is 0.907. The number of carbonyl (C=O) groups is 1. The Hall–Kier alpha value is -2.41. The summed E-state index contributed by atoms with van der Waals surface area (Å²) < 4.78 is 7.34. The lowest BCUT2D eigenvalue weighted by Crippen LogP contribution is -2.46. The van der Waals surface area contributed by atoms with E-state index in [-0.39, 0.29) is 12.0 Å². The third-order valence-electron chi connectivity index (χ3n) is 4.54. The summed E-state index contributed by atoms with van der Waals surface area (Å²) in [4.78, 5) is 12.5. The summed E-state index contributed by atoms with van der Waals surface area (Å²) in [6.07, 6.45) is 2.46. The van der Waals surface area contributed by atoms with Crippen LogP contribution in [0.15, 0.2) is 36.5 Å². The number of amides is 1. The third kappa shape index (κ3) is 3.73. The molecule has 1 saturated heterocycles. The summed E-state index contributed by atoms with van der Waals surface area (Å²) in [7, 11) is 1.61. The van der Waals surface area contributed by atoms with Crippen molar-refractivity contribution >= 4 is 6.09 Å². The van der Waals surface area contributed by atoms with Crippen LogP contribution in [0.1, 0.15) is 23.6 Å². The van der Waals surface area contributed by atoms with Crippen LogP contribution in [0.3, 0.4) is 0 Å². The largest absolute Gasteiger partial charge is 0.465 e. The van der Waals surface area contributed by atoms with Gasteiger partial charge in [-0.05, 0) is 18.4 Å². The van der Waals surface area contributed by atoms with Crippen LogP contribution < -0.4 is 0 Å². The van der Waals surface area contributed by atoms with E-state index in [9.17, 15) is 4.79 Å². The van der Waals surface area contributed by atoms with Gasteiger partial charge >= 0.3 is 6.09 Å². The van der Waals surface area contributed by atoms with Crippen molar-refractivity contribution in [3.63, 3.8) is 0 Å². The molecule has 1 aliphatic heterocycles. The van der Waals surface area contributed by atoms with E-state index in [1.54, 1.807) is 7.11 Å². The van der Waals surface area contributed by atoms with Gasteiger partial charge in [-0.3, -0.25) is 4.68 Å². The minimum atomic E-state index is -0.901. The van der Waals surface area contributed by atoms with Crippen molar-refractivity contribution in [2.45, 2.75) is 31.4 Å². The first-order valence-electron chi connectivity index (χ1n) is 8.12. The number of piperidine rings is 1. The monoisotopic (exact) mass is 330 g/mol. The van der Waals surface area contributed by atoms with E-state index < -0.39 is 6.09 Å². The molecule has 1 fully saturated rings. The summed E-state index contributed by atoms with van der Waals surface area (Å²) in [5, 5.41) is 17.6. The Balaban J connectivity index is 1.63. The minimum Gasteiger partial charge on any atom is -0.465 e. The Morgan fingerprint density at radius 3 is 2.88 bits per heavy atom. The predicted octanol–water partition coefficient (Wildman–Crippen LogP) is 2.00. The molecule has 1 aromatic carbocycles. The number of hydrogen-bond donors (Lipinski definition) is 1. The first kappa shape index (κ1) is 16.4. The van der Waals surface area contributed by atoms with E-state index in [2.05, 4.69) is 22.4 Å². The van der Waals surface area contributed by atoms with Crippen molar-refractivity contribution < 1.29 is 14.6 Å². The highest BCUT2D eigenvalue weighted by Crippen LogP contribution is 2.28. The number of hydrogen-bond acceptors (Lipinski definition) is 4. The lowest BCUT2D eigenvalue weighted by atomic mass is 9.91. The fourth-order valence-corrected chi connectivity index (χ4v) is 3.15. The predicted molar refractivity (Wildman–Crippen MR) is 87.9 cm³/mol. The molecule has 1 aromatic heterocycles. The van der Waals surface area contributed by atoms with Gasteiger partial charge in [-0.15, -0.1) is 5.10 Å². The van der Waals surface area contributed by atoms with E-state index in [4.69, 9.17) is 9.84 Å². The maximum atomic E-state index is 11.1. The molecule has 1 N–H and O–H groups in total. The molecule has 7 heteroatoms. The topological polar surface area (TPSA) is 80.5 Å². The number of ether oxygens (including phenoxy) is 1. The molecule has 2 aromatic rings. The van der Waals surface area contributed by atoms with E-state index >= 15 is 0 Å². The summed E-state index contributed by atoms with van der Waals surface area (Å²) in [6, 6.07) is 10.3. The fraction of sp³-hybridized carbons (Fsp3) is 0.471. The van der Waals surface area contributed by atoms with Gasteiger partial charge in [-0.25, -0.2) is 4.79 Å². The van der Waals surface area contributed by atoms with Crippen LogP contribution in [0, 0.1) is 0 Å². The van der Waals surface area contributed by atoms with Crippen LogP contribution in [-0.4, -0.2) is 57.4 Å². The molecule has 24 heavy (non-hydrogen) atoms. The van der Waals surface area contributed by atoms with E-state index in [1.165, 1.54) is 10.5 Å². The number of rotatable bonds is 5. The van der Waals surface area contributed by atoms with Crippen molar-refractivity contribution in [2.24, 2.45) is 0 Å². The van der Waals surface area contributed by atoms with Crippen molar-refractivity contribution in [3.05, 3.63) is 47.8 Å². The van der Waals surface area contributed by atoms with Crippen molar-refractivity contribution in [1.82, 2.24) is 19.9 Å². The van der Waals surface area contributed by atoms with Crippen molar-refractivity contribution in [2.75, 3.05) is 20.2 Å². The van der Waals surface area contributed by atoms with Crippen LogP contribution in [0.25, 0.3) is 0 Å². The molecule has 7 nitrogen and oxygen atoms in total. The van der Waals surface area contributed by atoms with Gasteiger partial charge in [0.05, 0.1) is 18.3 Å². The Morgan fingerprint density at radius 2 is 2.17 bits per heavy atom. The number of aromatic nitrogens is 3. The van der Waals surface area contributed by atoms with Crippen LogP contribution >= 0.6 is 0 Å². The van der Waals surface area contributed by atoms with Gasteiger partial charge in [-0.1, -0.05) is 35.5 Å². The van der Waals surface area contributed by atoms with E-state index in [0.29, 0.717) is 19.5 Å². The molecule has 0 bridgehead atoms. The SMILES string of the molecule is CO[C@H]1CN(C(=O)O)CC[C@@H]1c1cn(CCc2ccccc2)nn1. The van der Waals surface area contributed by atoms with Crippen molar-refractivity contribution in [1.29, 1.82) is 0 Å². The second-order valence-electron chi connectivity index (χ2n) is 6.04. The molecule has 3 rings (SSSR count). The summed E-state index contributed by atoms with van der Waals surface area (Å²) in [6.45, 7) is 1.63.